The Morgan fingerprint density at radius 1 is 1.40 bits per heavy atom. The summed E-state index contributed by atoms with van der Waals surface area (Å²) >= 11 is 0. The molecule has 0 aromatic heterocycles. The highest BCUT2D eigenvalue weighted by molar-refractivity contribution is 5.80. The average molecular weight is 284 g/mol. The first-order valence-electron chi connectivity index (χ1n) is 6.59. The molecule has 0 radical (unpaired) electrons. The zero-order valence-corrected chi connectivity index (χ0v) is 11.3. The molecule has 1 aromatic rings. The SMILES string of the molecule is CCN(Cc1ccc(F)c(F)c1)C(=O)C1COCC1N. The van der Waals surface area contributed by atoms with Gasteiger partial charge in [0.05, 0.1) is 19.1 Å². The highest BCUT2D eigenvalue weighted by Crippen LogP contribution is 2.17. The van der Waals surface area contributed by atoms with Crippen LogP contribution >= 0.6 is 0 Å². The summed E-state index contributed by atoms with van der Waals surface area (Å²) in [4.78, 5) is 13.9. The molecule has 2 rings (SSSR count). The lowest BCUT2D eigenvalue weighted by Crippen LogP contribution is -2.43. The highest BCUT2D eigenvalue weighted by Gasteiger charge is 2.33. The van der Waals surface area contributed by atoms with Gasteiger partial charge in [-0.15, -0.1) is 0 Å². The van der Waals surface area contributed by atoms with E-state index in [9.17, 15) is 13.6 Å². The summed E-state index contributed by atoms with van der Waals surface area (Å²) in [5, 5.41) is 0. The van der Waals surface area contributed by atoms with Crippen LogP contribution in [0.1, 0.15) is 12.5 Å². The van der Waals surface area contributed by atoms with Crippen LogP contribution in [0.25, 0.3) is 0 Å². The number of hydrogen-bond acceptors (Lipinski definition) is 3. The van der Waals surface area contributed by atoms with Gasteiger partial charge in [-0.2, -0.15) is 0 Å². The number of halogens is 2. The minimum Gasteiger partial charge on any atom is -0.379 e. The van der Waals surface area contributed by atoms with Crippen molar-refractivity contribution < 1.29 is 18.3 Å². The van der Waals surface area contributed by atoms with E-state index in [2.05, 4.69) is 0 Å². The fourth-order valence-corrected chi connectivity index (χ4v) is 2.26. The molecule has 4 nitrogen and oxygen atoms in total. The maximum Gasteiger partial charge on any atom is 0.229 e. The van der Waals surface area contributed by atoms with Crippen molar-refractivity contribution in [2.75, 3.05) is 19.8 Å². The van der Waals surface area contributed by atoms with Crippen LogP contribution in [0, 0.1) is 17.6 Å². The summed E-state index contributed by atoms with van der Waals surface area (Å²) in [5.74, 6) is -2.27. The molecule has 2 N–H and O–H groups in total. The average Bonchev–Trinajstić information content (AvgIpc) is 2.85. The van der Waals surface area contributed by atoms with E-state index in [0.29, 0.717) is 25.3 Å². The van der Waals surface area contributed by atoms with Crippen molar-refractivity contribution in [3.8, 4) is 0 Å². The first kappa shape index (κ1) is 14.9. The van der Waals surface area contributed by atoms with Gasteiger partial charge in [0, 0.05) is 19.1 Å². The number of hydrogen-bond donors (Lipinski definition) is 1. The van der Waals surface area contributed by atoms with Gasteiger partial charge in [0.2, 0.25) is 5.91 Å². The van der Waals surface area contributed by atoms with Crippen LogP contribution in [0.2, 0.25) is 0 Å². The summed E-state index contributed by atoms with van der Waals surface area (Å²) in [6.07, 6.45) is 0. The van der Waals surface area contributed by atoms with Crippen LogP contribution in [-0.4, -0.2) is 36.6 Å². The molecule has 1 aliphatic heterocycles. The first-order valence-corrected chi connectivity index (χ1v) is 6.59. The number of amides is 1. The second-order valence-electron chi connectivity index (χ2n) is 4.91. The van der Waals surface area contributed by atoms with Gasteiger partial charge in [0.25, 0.3) is 0 Å². The number of benzene rings is 1. The van der Waals surface area contributed by atoms with Crippen molar-refractivity contribution in [2.24, 2.45) is 11.7 Å². The predicted molar refractivity (Wildman–Crippen MR) is 69.7 cm³/mol. The van der Waals surface area contributed by atoms with E-state index in [1.165, 1.54) is 6.07 Å². The van der Waals surface area contributed by atoms with Crippen LogP contribution in [0.15, 0.2) is 18.2 Å². The molecule has 2 atom stereocenters. The fourth-order valence-electron chi connectivity index (χ4n) is 2.26. The molecule has 6 heteroatoms. The summed E-state index contributed by atoms with van der Waals surface area (Å²) in [5.41, 5.74) is 6.38. The fraction of sp³-hybridized carbons (Fsp3) is 0.500. The topological polar surface area (TPSA) is 55.6 Å². The molecule has 0 aliphatic carbocycles. The zero-order valence-electron chi connectivity index (χ0n) is 11.3. The number of nitrogens with two attached hydrogens (primary N) is 1. The van der Waals surface area contributed by atoms with Crippen molar-refractivity contribution in [1.29, 1.82) is 0 Å². The van der Waals surface area contributed by atoms with E-state index in [4.69, 9.17) is 10.5 Å². The van der Waals surface area contributed by atoms with E-state index in [1.807, 2.05) is 6.92 Å². The van der Waals surface area contributed by atoms with Gasteiger partial charge in [-0.1, -0.05) is 6.07 Å². The van der Waals surface area contributed by atoms with Crippen LogP contribution in [0.4, 0.5) is 8.78 Å². The molecule has 1 aromatic carbocycles. The normalized spacial score (nSPS) is 22.0. The largest absolute Gasteiger partial charge is 0.379 e. The van der Waals surface area contributed by atoms with E-state index in [-0.39, 0.29) is 24.4 Å². The smallest absolute Gasteiger partial charge is 0.229 e. The van der Waals surface area contributed by atoms with Crippen molar-refractivity contribution >= 4 is 5.91 Å². The highest BCUT2D eigenvalue weighted by atomic mass is 19.2. The van der Waals surface area contributed by atoms with Gasteiger partial charge < -0.3 is 15.4 Å². The molecule has 0 bridgehead atoms. The third-order valence-corrected chi connectivity index (χ3v) is 3.49. The Bertz CT molecular complexity index is 496. The van der Waals surface area contributed by atoms with Crippen LogP contribution < -0.4 is 5.73 Å². The van der Waals surface area contributed by atoms with E-state index >= 15 is 0 Å². The van der Waals surface area contributed by atoms with Crippen molar-refractivity contribution in [2.45, 2.75) is 19.5 Å². The quantitative estimate of drug-likeness (QED) is 0.906. The molecule has 110 valence electrons. The predicted octanol–water partition coefficient (Wildman–Crippen LogP) is 1.29. The van der Waals surface area contributed by atoms with Gasteiger partial charge in [-0.3, -0.25) is 4.79 Å². The Labute approximate surface area is 116 Å². The van der Waals surface area contributed by atoms with Crippen LogP contribution in [0.5, 0.6) is 0 Å². The standard InChI is InChI=1S/C14H18F2N2O2/c1-2-18(14(19)10-7-20-8-13(10)17)6-9-3-4-11(15)12(16)5-9/h3-5,10,13H,2,6-8,17H2,1H3. The molecular formula is C14H18F2N2O2. The number of carbonyl (C=O) groups excluding carboxylic acids is 1. The van der Waals surface area contributed by atoms with Gasteiger partial charge in [0.15, 0.2) is 11.6 Å². The third kappa shape index (κ3) is 3.13. The second kappa shape index (κ2) is 6.28. The minimum atomic E-state index is -0.910. The third-order valence-electron chi connectivity index (χ3n) is 3.49. The van der Waals surface area contributed by atoms with Crippen molar-refractivity contribution in [3.05, 3.63) is 35.4 Å². The molecule has 1 saturated heterocycles. The molecule has 1 heterocycles. The zero-order chi connectivity index (χ0) is 14.7. The second-order valence-corrected chi connectivity index (χ2v) is 4.91. The maximum absolute atomic E-state index is 13.2. The lowest BCUT2D eigenvalue weighted by Gasteiger charge is -2.25. The molecule has 1 amide bonds. The van der Waals surface area contributed by atoms with Gasteiger partial charge in [0.1, 0.15) is 0 Å². The van der Waals surface area contributed by atoms with E-state index in [0.717, 1.165) is 12.1 Å². The lowest BCUT2D eigenvalue weighted by atomic mass is 10.0. The Balaban J connectivity index is 2.08. The minimum absolute atomic E-state index is 0.109. The summed E-state index contributed by atoms with van der Waals surface area (Å²) < 4.78 is 31.3. The van der Waals surface area contributed by atoms with Gasteiger partial charge >= 0.3 is 0 Å². The number of carbonyl (C=O) groups is 1. The number of nitrogens with zero attached hydrogens (tertiary/aromatic N) is 1. The lowest BCUT2D eigenvalue weighted by molar-refractivity contribution is -0.136. The Kier molecular flexibility index (Phi) is 4.67. The molecule has 0 saturated carbocycles. The van der Waals surface area contributed by atoms with Crippen LogP contribution in [-0.2, 0) is 16.1 Å². The molecular weight excluding hydrogens is 266 g/mol. The molecule has 1 aliphatic rings. The van der Waals surface area contributed by atoms with Crippen LogP contribution in [0.3, 0.4) is 0 Å². The van der Waals surface area contributed by atoms with Gasteiger partial charge in [-0.05, 0) is 24.6 Å². The van der Waals surface area contributed by atoms with Gasteiger partial charge in [-0.25, -0.2) is 8.78 Å². The van der Waals surface area contributed by atoms with Crippen molar-refractivity contribution in [3.63, 3.8) is 0 Å². The Morgan fingerprint density at radius 2 is 2.15 bits per heavy atom. The monoisotopic (exact) mass is 284 g/mol. The van der Waals surface area contributed by atoms with Crippen molar-refractivity contribution in [1.82, 2.24) is 4.90 Å². The summed E-state index contributed by atoms with van der Waals surface area (Å²) in [6, 6.07) is 3.34. The molecule has 20 heavy (non-hydrogen) atoms. The number of rotatable bonds is 4. The summed E-state index contributed by atoms with van der Waals surface area (Å²) in [6.45, 7) is 3.23. The molecule has 1 fully saturated rings. The number of ether oxygens (including phenoxy) is 1. The van der Waals surface area contributed by atoms with E-state index < -0.39 is 11.6 Å². The maximum atomic E-state index is 13.2. The molecule has 2 unspecified atom stereocenters. The Morgan fingerprint density at radius 3 is 2.70 bits per heavy atom. The first-order chi connectivity index (χ1) is 9.52. The Hall–Kier alpha value is -1.53. The van der Waals surface area contributed by atoms with E-state index in [1.54, 1.807) is 4.90 Å². The molecule has 0 spiro atoms. The summed E-state index contributed by atoms with van der Waals surface area (Å²) in [7, 11) is 0.